The molecule has 0 aromatic carbocycles. The van der Waals surface area contributed by atoms with Crippen LogP contribution in [0.15, 0.2) is 0 Å². The van der Waals surface area contributed by atoms with Gasteiger partial charge in [0.2, 0.25) is 5.91 Å². The number of ether oxygens (including phenoxy) is 1. The van der Waals surface area contributed by atoms with Gasteiger partial charge in [-0.2, -0.15) is 0 Å². The Morgan fingerprint density at radius 3 is 2.94 bits per heavy atom. The zero-order valence-corrected chi connectivity index (χ0v) is 10.5. The second-order valence-electron chi connectivity index (χ2n) is 3.31. The molecule has 0 aliphatic carbocycles. The molecule has 0 aromatic rings. The van der Waals surface area contributed by atoms with Crippen molar-refractivity contribution in [2.75, 3.05) is 20.3 Å². The van der Waals surface area contributed by atoms with Gasteiger partial charge in [-0.15, -0.1) is 0 Å². The van der Waals surface area contributed by atoms with Gasteiger partial charge in [0, 0.05) is 20.3 Å². The summed E-state index contributed by atoms with van der Waals surface area (Å²) in [6.07, 6.45) is 0.521. The fraction of sp³-hybridized carbons (Fsp3) is 0.667. The minimum Gasteiger partial charge on any atom is -0.481 e. The molecule has 1 fully saturated rings. The Balaban J connectivity index is 2.50. The standard InChI is InChI=1S/C9H13NO4S2/c1-14-4-2-3-10-8(13)6(5-7(11)12)16-9(10)15/h6H,2-5H2,1H3,(H,11,12). The van der Waals surface area contributed by atoms with Crippen molar-refractivity contribution >= 4 is 40.2 Å². The largest absolute Gasteiger partial charge is 0.481 e. The summed E-state index contributed by atoms with van der Waals surface area (Å²) in [4.78, 5) is 23.8. The molecule has 0 bridgehead atoms. The topological polar surface area (TPSA) is 66.8 Å². The first-order valence-electron chi connectivity index (χ1n) is 4.79. The molecule has 0 radical (unpaired) electrons. The van der Waals surface area contributed by atoms with E-state index in [-0.39, 0.29) is 12.3 Å². The highest BCUT2D eigenvalue weighted by molar-refractivity contribution is 8.24. The smallest absolute Gasteiger partial charge is 0.305 e. The van der Waals surface area contributed by atoms with Crippen LogP contribution in [0.1, 0.15) is 12.8 Å². The van der Waals surface area contributed by atoms with Crippen LogP contribution in [-0.2, 0) is 14.3 Å². The fourth-order valence-corrected chi connectivity index (χ4v) is 2.89. The third-order valence-electron chi connectivity index (χ3n) is 2.10. The Morgan fingerprint density at radius 2 is 2.38 bits per heavy atom. The first kappa shape index (κ1) is 13.4. The van der Waals surface area contributed by atoms with E-state index in [1.165, 1.54) is 4.90 Å². The Kier molecular flexibility index (Phi) is 5.17. The predicted molar refractivity (Wildman–Crippen MR) is 64.4 cm³/mol. The number of thiocarbonyl (C=S) groups is 1. The van der Waals surface area contributed by atoms with Crippen molar-refractivity contribution in [1.29, 1.82) is 0 Å². The summed E-state index contributed by atoms with van der Waals surface area (Å²) in [6.45, 7) is 1.05. The quantitative estimate of drug-likeness (QED) is 0.563. The van der Waals surface area contributed by atoms with Gasteiger partial charge in [0.05, 0.1) is 6.42 Å². The normalized spacial score (nSPS) is 20.6. The zero-order valence-electron chi connectivity index (χ0n) is 8.84. The summed E-state index contributed by atoms with van der Waals surface area (Å²) in [7, 11) is 1.59. The van der Waals surface area contributed by atoms with Crippen LogP contribution in [-0.4, -0.2) is 51.7 Å². The summed E-state index contributed by atoms with van der Waals surface area (Å²) in [5, 5.41) is 8.07. The Morgan fingerprint density at radius 1 is 1.69 bits per heavy atom. The SMILES string of the molecule is COCCCN1C(=O)C(CC(=O)O)SC1=S. The molecule has 1 unspecified atom stereocenters. The van der Waals surface area contributed by atoms with Crippen molar-refractivity contribution in [2.24, 2.45) is 0 Å². The van der Waals surface area contributed by atoms with Crippen molar-refractivity contribution < 1.29 is 19.4 Å². The lowest BCUT2D eigenvalue weighted by Crippen LogP contribution is -2.33. The summed E-state index contributed by atoms with van der Waals surface area (Å²) in [5.74, 6) is -1.18. The number of thioether (sulfide) groups is 1. The van der Waals surface area contributed by atoms with Crippen molar-refractivity contribution in [2.45, 2.75) is 18.1 Å². The average molecular weight is 263 g/mol. The van der Waals surface area contributed by atoms with Gasteiger partial charge in [0.15, 0.2) is 0 Å². The number of rotatable bonds is 6. The van der Waals surface area contributed by atoms with Gasteiger partial charge in [0.25, 0.3) is 0 Å². The average Bonchev–Trinajstić information content (AvgIpc) is 2.45. The van der Waals surface area contributed by atoms with Gasteiger partial charge in [-0.05, 0) is 6.42 Å². The molecule has 1 heterocycles. The number of carbonyl (C=O) groups excluding carboxylic acids is 1. The molecular formula is C9H13NO4S2. The molecule has 0 spiro atoms. The second-order valence-corrected chi connectivity index (χ2v) is 5.14. The lowest BCUT2D eigenvalue weighted by molar-refractivity contribution is -0.139. The van der Waals surface area contributed by atoms with Crippen molar-refractivity contribution in [1.82, 2.24) is 4.90 Å². The lowest BCUT2D eigenvalue weighted by atomic mass is 10.2. The number of carboxylic acid groups (broad SMARTS) is 1. The highest BCUT2D eigenvalue weighted by Gasteiger charge is 2.37. The first-order chi connectivity index (χ1) is 7.56. The molecule has 1 amide bonds. The van der Waals surface area contributed by atoms with Crippen LogP contribution in [0.25, 0.3) is 0 Å². The van der Waals surface area contributed by atoms with Crippen LogP contribution in [0.2, 0.25) is 0 Å². The van der Waals surface area contributed by atoms with E-state index in [0.29, 0.717) is 23.9 Å². The van der Waals surface area contributed by atoms with Crippen molar-refractivity contribution in [3.05, 3.63) is 0 Å². The van der Waals surface area contributed by atoms with Gasteiger partial charge in [-0.3, -0.25) is 14.5 Å². The van der Waals surface area contributed by atoms with Gasteiger partial charge < -0.3 is 9.84 Å². The Labute approximate surface area is 103 Å². The van der Waals surface area contributed by atoms with E-state index in [0.717, 1.165) is 11.8 Å². The van der Waals surface area contributed by atoms with E-state index in [1.54, 1.807) is 7.11 Å². The van der Waals surface area contributed by atoms with Crippen molar-refractivity contribution in [3.63, 3.8) is 0 Å². The molecule has 1 rings (SSSR count). The summed E-state index contributed by atoms with van der Waals surface area (Å²) >= 11 is 6.19. The number of carbonyl (C=O) groups is 2. The summed E-state index contributed by atoms with van der Waals surface area (Å²) in [5.41, 5.74) is 0. The number of nitrogens with zero attached hydrogens (tertiary/aromatic N) is 1. The molecule has 1 atom stereocenters. The maximum atomic E-state index is 11.8. The van der Waals surface area contributed by atoms with Crippen LogP contribution in [0.3, 0.4) is 0 Å². The van der Waals surface area contributed by atoms with Gasteiger partial charge >= 0.3 is 5.97 Å². The highest BCUT2D eigenvalue weighted by atomic mass is 32.2. The molecule has 1 N–H and O–H groups in total. The monoisotopic (exact) mass is 263 g/mol. The predicted octanol–water partition coefficient (Wildman–Crippen LogP) is 0.726. The van der Waals surface area contributed by atoms with Gasteiger partial charge in [0.1, 0.15) is 9.57 Å². The van der Waals surface area contributed by atoms with Crippen LogP contribution in [0.4, 0.5) is 0 Å². The zero-order chi connectivity index (χ0) is 12.1. The molecule has 0 aromatic heterocycles. The number of aliphatic carboxylic acids is 1. The third kappa shape index (κ3) is 3.43. The number of amides is 1. The second kappa shape index (κ2) is 6.17. The highest BCUT2D eigenvalue weighted by Crippen LogP contribution is 2.29. The van der Waals surface area contributed by atoms with Crippen molar-refractivity contribution in [3.8, 4) is 0 Å². The Hall–Kier alpha value is -0.660. The summed E-state index contributed by atoms with van der Waals surface area (Å²) in [6, 6.07) is 0. The molecular weight excluding hydrogens is 250 g/mol. The minimum atomic E-state index is -0.979. The summed E-state index contributed by atoms with van der Waals surface area (Å²) < 4.78 is 5.35. The molecule has 16 heavy (non-hydrogen) atoms. The maximum Gasteiger partial charge on any atom is 0.305 e. The van der Waals surface area contributed by atoms with Gasteiger partial charge in [-0.25, -0.2) is 0 Å². The van der Waals surface area contributed by atoms with E-state index in [9.17, 15) is 9.59 Å². The first-order valence-corrected chi connectivity index (χ1v) is 6.07. The van der Waals surface area contributed by atoms with Crippen LogP contribution >= 0.6 is 24.0 Å². The van der Waals surface area contributed by atoms with Gasteiger partial charge in [-0.1, -0.05) is 24.0 Å². The molecule has 7 heteroatoms. The fourth-order valence-electron chi connectivity index (χ4n) is 1.36. The minimum absolute atomic E-state index is 0.176. The Bertz CT molecular complexity index is 308. The van der Waals surface area contributed by atoms with E-state index in [2.05, 4.69) is 0 Å². The number of carboxylic acids is 1. The number of hydrogen-bond donors (Lipinski definition) is 1. The third-order valence-corrected chi connectivity index (χ3v) is 3.68. The van der Waals surface area contributed by atoms with E-state index < -0.39 is 11.2 Å². The molecule has 1 saturated heterocycles. The lowest BCUT2D eigenvalue weighted by Gasteiger charge is -2.14. The van der Waals surface area contributed by atoms with Crippen LogP contribution in [0.5, 0.6) is 0 Å². The maximum absolute atomic E-state index is 11.8. The number of hydrogen-bond acceptors (Lipinski definition) is 5. The molecule has 0 saturated carbocycles. The molecule has 1 aliphatic rings. The van der Waals surface area contributed by atoms with E-state index in [1.807, 2.05) is 0 Å². The van der Waals surface area contributed by atoms with Crippen LogP contribution in [0, 0.1) is 0 Å². The molecule has 5 nitrogen and oxygen atoms in total. The van der Waals surface area contributed by atoms with E-state index >= 15 is 0 Å². The molecule has 90 valence electrons. The van der Waals surface area contributed by atoms with E-state index in [4.69, 9.17) is 22.1 Å². The number of methoxy groups -OCH3 is 1. The molecule has 1 aliphatic heterocycles. The van der Waals surface area contributed by atoms with Crippen LogP contribution < -0.4 is 0 Å².